The second-order valence-electron chi connectivity index (χ2n) is 2.51. The average molecular weight is 225 g/mol. The summed E-state index contributed by atoms with van der Waals surface area (Å²) in [4.78, 5) is 21.2. The largest absolute Gasteiger partial charge is 0.480 e. The van der Waals surface area contributed by atoms with E-state index < -0.39 is 38.8 Å². The molecule has 0 aromatic rings. The van der Waals surface area contributed by atoms with Crippen molar-refractivity contribution in [2.24, 2.45) is 5.73 Å². The molecule has 8 heteroatoms. The van der Waals surface area contributed by atoms with Gasteiger partial charge in [0.1, 0.15) is 18.6 Å². The van der Waals surface area contributed by atoms with Gasteiger partial charge in [-0.05, 0) is 0 Å². The molecular weight excluding hydrogens is 213 g/mol. The molecule has 0 radical (unpaired) electrons. The highest BCUT2D eigenvalue weighted by Crippen LogP contribution is 2.21. The number of hydrogen-bond donors (Lipinski definition) is 3. The number of Topliss-reactive ketones (excluding diaryl/α,β-unsaturated/α-hetero) is 1. The molecule has 1 unspecified atom stereocenters. The minimum absolute atomic E-state index is 0.388. The number of nitrogens with two attached hydrogens (primary N) is 1. The van der Waals surface area contributed by atoms with Crippen LogP contribution in [0.3, 0.4) is 0 Å². The Morgan fingerprint density at radius 2 is 2.07 bits per heavy atom. The summed E-state index contributed by atoms with van der Waals surface area (Å²) in [5, 5.41) is 16.5. The van der Waals surface area contributed by atoms with Gasteiger partial charge in [0.2, 0.25) is 8.03 Å². The van der Waals surface area contributed by atoms with Gasteiger partial charge in [0.15, 0.2) is 0 Å². The molecule has 0 fully saturated rings. The Bertz CT molecular complexity index is 242. The topological polar surface area (TPSA) is 127 Å². The summed E-state index contributed by atoms with van der Waals surface area (Å²) in [7, 11) is -2.61. The first-order chi connectivity index (χ1) is 6.47. The minimum Gasteiger partial charge on any atom is -0.480 e. The van der Waals surface area contributed by atoms with Gasteiger partial charge in [-0.2, -0.15) is 0 Å². The third-order valence-corrected chi connectivity index (χ3v) is 2.47. The maximum atomic E-state index is 11.0. The van der Waals surface area contributed by atoms with Crippen LogP contribution < -0.4 is 5.73 Å². The van der Waals surface area contributed by atoms with E-state index in [1.54, 1.807) is 0 Å². The Morgan fingerprint density at radius 3 is 2.50 bits per heavy atom. The molecule has 0 aromatic carbocycles. The number of aliphatic hydroxyl groups is 1. The van der Waals surface area contributed by atoms with Gasteiger partial charge in [-0.15, -0.1) is 0 Å². The number of rotatable bonds is 7. The lowest BCUT2D eigenvalue weighted by Gasteiger charge is -2.04. The van der Waals surface area contributed by atoms with Crippen molar-refractivity contribution in [2.45, 2.75) is 12.5 Å². The first kappa shape index (κ1) is 13.2. The van der Waals surface area contributed by atoms with E-state index in [0.29, 0.717) is 0 Å². The Morgan fingerprint density at radius 1 is 1.50 bits per heavy atom. The van der Waals surface area contributed by atoms with Crippen molar-refractivity contribution in [3.8, 4) is 0 Å². The summed E-state index contributed by atoms with van der Waals surface area (Å²) in [5.74, 6) is -1.85. The number of ketones is 1. The summed E-state index contributed by atoms with van der Waals surface area (Å²) >= 11 is 0. The van der Waals surface area contributed by atoms with Gasteiger partial charge in [0.05, 0.1) is 6.16 Å². The monoisotopic (exact) mass is 225 g/mol. The van der Waals surface area contributed by atoms with Crippen LogP contribution in [0.1, 0.15) is 6.42 Å². The van der Waals surface area contributed by atoms with Crippen molar-refractivity contribution in [1.29, 1.82) is 0 Å². The van der Waals surface area contributed by atoms with Crippen LogP contribution in [0, 0.1) is 0 Å². The quantitative estimate of drug-likeness (QED) is 0.366. The van der Waals surface area contributed by atoms with Crippen LogP contribution in [0.25, 0.3) is 0 Å². The Hall–Kier alpha value is -0.750. The van der Waals surface area contributed by atoms with Gasteiger partial charge in [0, 0.05) is 6.42 Å². The highest BCUT2D eigenvalue weighted by molar-refractivity contribution is 7.40. The van der Waals surface area contributed by atoms with E-state index in [2.05, 4.69) is 4.52 Å². The zero-order chi connectivity index (χ0) is 11.1. The molecule has 4 N–H and O–H groups in total. The number of aliphatic carboxylic acids is 1. The van der Waals surface area contributed by atoms with Crippen LogP contribution in [-0.2, 0) is 18.7 Å². The zero-order valence-electron chi connectivity index (χ0n) is 7.30. The SMILES string of the molecule is N[C@@H](CC(=O)C[PH](=O)OCO)C(=O)O. The number of carboxylic acids is 1. The summed E-state index contributed by atoms with van der Waals surface area (Å²) < 4.78 is 15.0. The van der Waals surface area contributed by atoms with Crippen molar-refractivity contribution < 1.29 is 28.9 Å². The first-order valence-electron chi connectivity index (χ1n) is 3.74. The normalized spacial score (nSPS) is 14.7. The van der Waals surface area contributed by atoms with E-state index in [0.717, 1.165) is 0 Å². The first-order valence-corrected chi connectivity index (χ1v) is 5.26. The Balaban J connectivity index is 3.86. The van der Waals surface area contributed by atoms with E-state index in [4.69, 9.17) is 15.9 Å². The van der Waals surface area contributed by atoms with Crippen molar-refractivity contribution in [3.05, 3.63) is 0 Å². The molecule has 2 atom stereocenters. The lowest BCUT2D eigenvalue weighted by atomic mass is 10.2. The fraction of sp³-hybridized carbons (Fsp3) is 0.667. The third kappa shape index (κ3) is 5.82. The van der Waals surface area contributed by atoms with Gasteiger partial charge in [-0.25, -0.2) is 0 Å². The fourth-order valence-electron chi connectivity index (χ4n) is 0.689. The minimum atomic E-state index is -2.61. The molecule has 0 aliphatic rings. The number of carbonyl (C=O) groups is 2. The molecule has 0 heterocycles. The van der Waals surface area contributed by atoms with Gasteiger partial charge >= 0.3 is 5.97 Å². The number of hydrogen-bond acceptors (Lipinski definition) is 6. The maximum absolute atomic E-state index is 11.0. The lowest BCUT2D eigenvalue weighted by molar-refractivity contribution is -0.140. The molecule has 0 aliphatic heterocycles. The van der Waals surface area contributed by atoms with Crippen molar-refractivity contribution in [3.63, 3.8) is 0 Å². The fourth-order valence-corrected chi connectivity index (χ4v) is 1.40. The predicted octanol–water partition coefficient (Wildman–Crippen LogP) is -1.20. The van der Waals surface area contributed by atoms with Crippen molar-refractivity contribution in [2.75, 3.05) is 13.0 Å². The van der Waals surface area contributed by atoms with Crippen molar-refractivity contribution in [1.82, 2.24) is 0 Å². The molecule has 0 aromatic heterocycles. The van der Waals surface area contributed by atoms with Crippen LogP contribution in [0.4, 0.5) is 0 Å². The Kier molecular flexibility index (Phi) is 6.31. The maximum Gasteiger partial charge on any atom is 0.320 e. The molecule has 0 amide bonds. The number of carbonyl (C=O) groups excluding carboxylic acids is 1. The molecule has 0 aliphatic carbocycles. The molecule has 0 spiro atoms. The van der Waals surface area contributed by atoms with Gasteiger partial charge < -0.3 is 20.5 Å². The smallest absolute Gasteiger partial charge is 0.320 e. The van der Waals surface area contributed by atoms with Crippen LogP contribution in [-0.4, -0.2) is 41.0 Å². The summed E-state index contributed by atoms with van der Waals surface area (Å²) in [6.07, 6.45) is -0.785. The molecule has 0 rings (SSSR count). The summed E-state index contributed by atoms with van der Waals surface area (Å²) in [5.41, 5.74) is 5.07. The zero-order valence-corrected chi connectivity index (χ0v) is 8.30. The summed E-state index contributed by atoms with van der Waals surface area (Å²) in [6.45, 7) is -0.726. The molecule has 0 saturated heterocycles. The highest BCUT2D eigenvalue weighted by atomic mass is 31.1. The second kappa shape index (κ2) is 6.67. The molecule has 14 heavy (non-hydrogen) atoms. The molecule has 82 valence electrons. The van der Waals surface area contributed by atoms with E-state index >= 15 is 0 Å². The summed E-state index contributed by atoms with van der Waals surface area (Å²) in [6, 6.07) is -1.29. The van der Waals surface area contributed by atoms with Crippen molar-refractivity contribution >= 4 is 19.8 Å². The third-order valence-electron chi connectivity index (χ3n) is 1.33. The van der Waals surface area contributed by atoms with Crippen LogP contribution >= 0.6 is 8.03 Å². The number of aliphatic hydroxyl groups excluding tert-OH is 1. The van der Waals surface area contributed by atoms with E-state index in [-0.39, 0.29) is 6.42 Å². The predicted molar refractivity (Wildman–Crippen MR) is 47.3 cm³/mol. The molecule has 7 nitrogen and oxygen atoms in total. The van der Waals surface area contributed by atoms with Gasteiger partial charge in [-0.3, -0.25) is 14.2 Å². The average Bonchev–Trinajstić information content (AvgIpc) is 2.03. The van der Waals surface area contributed by atoms with E-state index in [1.165, 1.54) is 0 Å². The highest BCUT2D eigenvalue weighted by Gasteiger charge is 2.17. The van der Waals surface area contributed by atoms with E-state index in [9.17, 15) is 14.2 Å². The Labute approximate surface area is 80.7 Å². The standard InChI is InChI=1S/C6H12NO6P/c7-5(6(10)11)1-4(9)2-14(12)13-3-8/h5,8,14H,1-3,7H2,(H,10,11)/t5-/m0/s1. The molecule has 0 bridgehead atoms. The van der Waals surface area contributed by atoms with Crippen LogP contribution in [0.5, 0.6) is 0 Å². The van der Waals surface area contributed by atoms with Crippen LogP contribution in [0.2, 0.25) is 0 Å². The second-order valence-corrected chi connectivity index (χ2v) is 3.90. The lowest BCUT2D eigenvalue weighted by Crippen LogP contribution is -2.33. The van der Waals surface area contributed by atoms with Gasteiger partial charge in [-0.1, -0.05) is 0 Å². The van der Waals surface area contributed by atoms with Gasteiger partial charge in [0.25, 0.3) is 0 Å². The van der Waals surface area contributed by atoms with Crippen LogP contribution in [0.15, 0.2) is 0 Å². The van der Waals surface area contributed by atoms with E-state index in [1.807, 2.05) is 0 Å². The molecular formula is C6H12NO6P. The molecule has 0 saturated carbocycles. The number of carboxylic acid groups (broad SMARTS) is 1.